The lowest BCUT2D eigenvalue weighted by Gasteiger charge is -2.18. The number of benzene rings is 1. The Bertz CT molecular complexity index is 595. The van der Waals surface area contributed by atoms with E-state index in [1.54, 1.807) is 0 Å². The Morgan fingerprint density at radius 1 is 1.15 bits per heavy atom. The van der Waals surface area contributed by atoms with Gasteiger partial charge in [0, 0.05) is 14.2 Å². The molecule has 0 aliphatic rings. The Balaban J connectivity index is 2.37. The molecule has 3 heteroatoms. The summed E-state index contributed by atoms with van der Waals surface area (Å²) in [6.07, 6.45) is 0. The molecule has 0 aliphatic carbocycles. The van der Waals surface area contributed by atoms with Gasteiger partial charge in [-0.1, -0.05) is 48.8 Å². The SMILES string of the molecule is CNC(c1ccc(Br)c(C)c1)c1ccc(C(C)(C)C)s1. The molecule has 108 valence electrons. The van der Waals surface area contributed by atoms with Gasteiger partial charge in [-0.2, -0.15) is 0 Å². The molecule has 0 saturated heterocycles. The molecule has 1 N–H and O–H groups in total. The molecule has 0 saturated carbocycles. The normalized spacial score (nSPS) is 13.5. The summed E-state index contributed by atoms with van der Waals surface area (Å²) in [7, 11) is 2.03. The van der Waals surface area contributed by atoms with Gasteiger partial charge in [0.1, 0.15) is 0 Å². The van der Waals surface area contributed by atoms with Gasteiger partial charge >= 0.3 is 0 Å². The zero-order valence-electron chi connectivity index (χ0n) is 12.8. The standard InChI is InChI=1S/C17H22BrNS/c1-11-10-12(6-7-13(11)18)16(19-5)14-8-9-15(20-14)17(2,3)4/h6-10,16,19H,1-5H3. The molecule has 1 unspecified atom stereocenters. The van der Waals surface area contributed by atoms with Crippen LogP contribution in [0, 0.1) is 6.92 Å². The summed E-state index contributed by atoms with van der Waals surface area (Å²) in [4.78, 5) is 2.81. The molecule has 1 aromatic carbocycles. The third-order valence-electron chi connectivity index (χ3n) is 3.45. The van der Waals surface area contributed by atoms with E-state index in [9.17, 15) is 0 Å². The van der Waals surface area contributed by atoms with Crippen molar-refractivity contribution in [2.75, 3.05) is 7.05 Å². The average molecular weight is 352 g/mol. The highest BCUT2D eigenvalue weighted by atomic mass is 79.9. The summed E-state index contributed by atoms with van der Waals surface area (Å²) in [5.41, 5.74) is 2.81. The maximum absolute atomic E-state index is 3.57. The van der Waals surface area contributed by atoms with E-state index >= 15 is 0 Å². The van der Waals surface area contributed by atoms with E-state index in [-0.39, 0.29) is 11.5 Å². The highest BCUT2D eigenvalue weighted by Gasteiger charge is 2.20. The molecular formula is C17H22BrNS. The maximum Gasteiger partial charge on any atom is 0.0668 e. The minimum Gasteiger partial charge on any atom is -0.309 e. The van der Waals surface area contributed by atoms with Gasteiger partial charge in [-0.25, -0.2) is 0 Å². The Morgan fingerprint density at radius 2 is 1.85 bits per heavy atom. The first-order chi connectivity index (χ1) is 9.32. The lowest BCUT2D eigenvalue weighted by Crippen LogP contribution is -2.16. The molecule has 0 spiro atoms. The molecule has 0 fully saturated rings. The molecule has 1 aromatic heterocycles. The van der Waals surface area contributed by atoms with Gasteiger partial charge in [0.25, 0.3) is 0 Å². The van der Waals surface area contributed by atoms with Crippen LogP contribution in [0.3, 0.4) is 0 Å². The van der Waals surface area contributed by atoms with Gasteiger partial charge in [0.15, 0.2) is 0 Å². The van der Waals surface area contributed by atoms with Crippen LogP contribution >= 0.6 is 27.3 Å². The van der Waals surface area contributed by atoms with E-state index in [4.69, 9.17) is 0 Å². The van der Waals surface area contributed by atoms with Crippen molar-refractivity contribution in [2.45, 2.75) is 39.2 Å². The summed E-state index contributed by atoms with van der Waals surface area (Å²) in [6, 6.07) is 11.4. The van der Waals surface area contributed by atoms with Crippen LogP contribution in [0.25, 0.3) is 0 Å². The van der Waals surface area contributed by atoms with Crippen molar-refractivity contribution < 1.29 is 0 Å². The van der Waals surface area contributed by atoms with Gasteiger partial charge in [-0.05, 0) is 48.7 Å². The fourth-order valence-corrected chi connectivity index (χ4v) is 3.68. The molecule has 0 aliphatic heterocycles. The van der Waals surface area contributed by atoms with Crippen LogP contribution < -0.4 is 5.32 Å². The molecule has 1 heterocycles. The molecule has 2 aromatic rings. The van der Waals surface area contributed by atoms with Gasteiger partial charge < -0.3 is 5.32 Å². The Kier molecular flexibility index (Phi) is 4.73. The third-order valence-corrected chi connectivity index (χ3v) is 5.92. The topological polar surface area (TPSA) is 12.0 Å². The van der Waals surface area contributed by atoms with Crippen LogP contribution in [-0.2, 0) is 5.41 Å². The molecule has 0 bridgehead atoms. The molecule has 0 amide bonds. The van der Waals surface area contributed by atoms with Crippen molar-refractivity contribution in [1.82, 2.24) is 5.32 Å². The van der Waals surface area contributed by atoms with Crippen molar-refractivity contribution in [3.8, 4) is 0 Å². The minimum absolute atomic E-state index is 0.219. The number of nitrogens with one attached hydrogen (secondary N) is 1. The van der Waals surface area contributed by atoms with Crippen molar-refractivity contribution in [2.24, 2.45) is 0 Å². The van der Waals surface area contributed by atoms with Crippen molar-refractivity contribution >= 4 is 27.3 Å². The predicted octanol–water partition coefficient (Wildman–Crippen LogP) is 5.43. The molecule has 2 rings (SSSR count). The van der Waals surface area contributed by atoms with Gasteiger partial charge in [0.2, 0.25) is 0 Å². The first-order valence-corrected chi connectivity index (χ1v) is 8.47. The summed E-state index contributed by atoms with van der Waals surface area (Å²) in [5, 5.41) is 3.44. The van der Waals surface area contributed by atoms with Crippen LogP contribution in [0.2, 0.25) is 0 Å². The Morgan fingerprint density at radius 3 is 2.35 bits per heavy atom. The first kappa shape index (κ1) is 15.7. The van der Waals surface area contributed by atoms with Crippen molar-refractivity contribution in [3.63, 3.8) is 0 Å². The van der Waals surface area contributed by atoms with Crippen LogP contribution in [-0.4, -0.2) is 7.05 Å². The number of halogens is 1. The van der Waals surface area contributed by atoms with E-state index < -0.39 is 0 Å². The first-order valence-electron chi connectivity index (χ1n) is 6.86. The second-order valence-electron chi connectivity index (χ2n) is 6.18. The second-order valence-corrected chi connectivity index (χ2v) is 8.15. The van der Waals surface area contributed by atoms with Crippen molar-refractivity contribution in [3.05, 3.63) is 55.7 Å². The highest BCUT2D eigenvalue weighted by Crippen LogP contribution is 2.35. The number of thiophene rings is 1. The van der Waals surface area contributed by atoms with Gasteiger partial charge in [0.05, 0.1) is 6.04 Å². The lowest BCUT2D eigenvalue weighted by atomic mass is 9.95. The molecule has 1 atom stereocenters. The zero-order chi connectivity index (χ0) is 14.9. The third kappa shape index (κ3) is 3.33. The predicted molar refractivity (Wildman–Crippen MR) is 92.8 cm³/mol. The van der Waals surface area contributed by atoms with Crippen LogP contribution in [0.5, 0.6) is 0 Å². The number of hydrogen-bond donors (Lipinski definition) is 1. The number of aryl methyl sites for hydroxylation is 1. The zero-order valence-corrected chi connectivity index (χ0v) is 15.2. The van der Waals surface area contributed by atoms with E-state index in [0.29, 0.717) is 0 Å². The minimum atomic E-state index is 0.219. The van der Waals surface area contributed by atoms with Gasteiger partial charge in [-0.15, -0.1) is 11.3 Å². The molecule has 1 nitrogen and oxygen atoms in total. The Hall–Kier alpha value is -0.640. The largest absolute Gasteiger partial charge is 0.309 e. The monoisotopic (exact) mass is 351 g/mol. The van der Waals surface area contributed by atoms with E-state index in [1.807, 2.05) is 18.4 Å². The molecule has 0 radical (unpaired) electrons. The smallest absolute Gasteiger partial charge is 0.0668 e. The summed E-state index contributed by atoms with van der Waals surface area (Å²) in [5.74, 6) is 0. The number of rotatable bonds is 3. The molecular weight excluding hydrogens is 330 g/mol. The average Bonchev–Trinajstić information content (AvgIpc) is 2.84. The van der Waals surface area contributed by atoms with E-state index in [0.717, 1.165) is 4.47 Å². The fourth-order valence-electron chi connectivity index (χ4n) is 2.23. The number of hydrogen-bond acceptors (Lipinski definition) is 2. The van der Waals surface area contributed by atoms with Crippen LogP contribution in [0.1, 0.15) is 47.7 Å². The van der Waals surface area contributed by atoms with Crippen LogP contribution in [0.4, 0.5) is 0 Å². The summed E-state index contributed by atoms with van der Waals surface area (Å²) < 4.78 is 1.16. The van der Waals surface area contributed by atoms with E-state index in [1.165, 1.54) is 20.9 Å². The molecule has 20 heavy (non-hydrogen) atoms. The summed E-state index contributed by atoms with van der Waals surface area (Å²) in [6.45, 7) is 8.93. The van der Waals surface area contributed by atoms with Gasteiger partial charge in [-0.3, -0.25) is 0 Å². The van der Waals surface area contributed by atoms with Crippen LogP contribution in [0.15, 0.2) is 34.8 Å². The Labute approximate surface area is 134 Å². The fraction of sp³-hybridized carbons (Fsp3) is 0.412. The second kappa shape index (κ2) is 6.00. The summed E-state index contributed by atoms with van der Waals surface area (Å²) >= 11 is 5.47. The highest BCUT2D eigenvalue weighted by molar-refractivity contribution is 9.10. The lowest BCUT2D eigenvalue weighted by molar-refractivity contribution is 0.604. The quantitative estimate of drug-likeness (QED) is 0.777. The van der Waals surface area contributed by atoms with E-state index in [2.05, 4.69) is 79.3 Å². The van der Waals surface area contributed by atoms with Crippen molar-refractivity contribution in [1.29, 1.82) is 0 Å². The maximum atomic E-state index is 3.57.